The first-order valence-electron chi connectivity index (χ1n) is 5.16. The summed E-state index contributed by atoms with van der Waals surface area (Å²) in [4.78, 5) is 0. The lowest BCUT2D eigenvalue weighted by Crippen LogP contribution is -2.30. The van der Waals surface area contributed by atoms with E-state index < -0.39 is 0 Å². The molecular formula is C11H25NS. The van der Waals surface area contributed by atoms with Crippen molar-refractivity contribution >= 4 is 11.8 Å². The first kappa shape index (κ1) is 13.3. The normalized spacial score (nSPS) is 15.0. The van der Waals surface area contributed by atoms with Crippen LogP contribution < -0.4 is 5.32 Å². The number of hydrogen-bond acceptors (Lipinski definition) is 2. The van der Waals surface area contributed by atoms with Gasteiger partial charge in [-0.25, -0.2) is 0 Å². The SMILES string of the molecule is CNC(CSC(C)(C)C)CC(C)C. The largest absolute Gasteiger partial charge is 0.316 e. The third-order valence-electron chi connectivity index (χ3n) is 1.88. The zero-order valence-electron chi connectivity index (χ0n) is 9.98. The van der Waals surface area contributed by atoms with Gasteiger partial charge in [0.15, 0.2) is 0 Å². The molecule has 0 aromatic carbocycles. The second-order valence-corrected chi connectivity index (χ2v) is 6.89. The Morgan fingerprint density at radius 2 is 1.77 bits per heavy atom. The zero-order chi connectivity index (χ0) is 10.5. The summed E-state index contributed by atoms with van der Waals surface area (Å²) in [6, 6.07) is 0.671. The predicted molar refractivity (Wildman–Crippen MR) is 64.5 cm³/mol. The van der Waals surface area contributed by atoms with Crippen LogP contribution in [0.1, 0.15) is 41.0 Å². The zero-order valence-corrected chi connectivity index (χ0v) is 10.8. The second-order valence-electron chi connectivity index (χ2n) is 5.04. The van der Waals surface area contributed by atoms with Crippen LogP contribution in [0.4, 0.5) is 0 Å². The molecule has 0 spiro atoms. The van der Waals surface area contributed by atoms with E-state index >= 15 is 0 Å². The average Bonchev–Trinajstić information content (AvgIpc) is 1.95. The fourth-order valence-corrected chi connectivity index (χ4v) is 2.19. The molecule has 1 nitrogen and oxygen atoms in total. The summed E-state index contributed by atoms with van der Waals surface area (Å²) in [5.41, 5.74) is 0. The van der Waals surface area contributed by atoms with Crippen molar-refractivity contribution in [1.29, 1.82) is 0 Å². The summed E-state index contributed by atoms with van der Waals surface area (Å²) >= 11 is 2.05. The Balaban J connectivity index is 3.72. The van der Waals surface area contributed by atoms with Crippen molar-refractivity contribution in [2.75, 3.05) is 12.8 Å². The minimum Gasteiger partial charge on any atom is -0.316 e. The van der Waals surface area contributed by atoms with Crippen molar-refractivity contribution in [3.63, 3.8) is 0 Å². The fraction of sp³-hybridized carbons (Fsp3) is 1.00. The summed E-state index contributed by atoms with van der Waals surface area (Å²) < 4.78 is 0.395. The Labute approximate surface area is 88.1 Å². The predicted octanol–water partition coefficient (Wildman–Crippen LogP) is 3.15. The highest BCUT2D eigenvalue weighted by molar-refractivity contribution is 8.00. The highest BCUT2D eigenvalue weighted by Crippen LogP contribution is 2.24. The summed E-state index contributed by atoms with van der Waals surface area (Å²) in [6.45, 7) is 11.4. The molecule has 0 radical (unpaired) electrons. The Kier molecular flexibility index (Phi) is 6.06. The number of thioether (sulfide) groups is 1. The minimum atomic E-state index is 0.395. The third kappa shape index (κ3) is 8.63. The molecule has 0 aromatic heterocycles. The molecule has 0 aromatic rings. The van der Waals surface area contributed by atoms with Gasteiger partial charge in [-0.2, -0.15) is 11.8 Å². The topological polar surface area (TPSA) is 12.0 Å². The second kappa shape index (κ2) is 5.92. The minimum absolute atomic E-state index is 0.395. The molecule has 13 heavy (non-hydrogen) atoms. The van der Waals surface area contributed by atoms with Crippen LogP contribution in [0, 0.1) is 5.92 Å². The van der Waals surface area contributed by atoms with Crippen LogP contribution in [-0.4, -0.2) is 23.6 Å². The van der Waals surface area contributed by atoms with Gasteiger partial charge in [-0.05, 0) is 19.4 Å². The first-order chi connectivity index (χ1) is 5.85. The van der Waals surface area contributed by atoms with Gasteiger partial charge in [0.2, 0.25) is 0 Å². The third-order valence-corrected chi connectivity index (χ3v) is 3.32. The van der Waals surface area contributed by atoms with Crippen molar-refractivity contribution in [3.05, 3.63) is 0 Å². The van der Waals surface area contributed by atoms with Gasteiger partial charge in [-0.15, -0.1) is 0 Å². The highest BCUT2D eigenvalue weighted by atomic mass is 32.2. The van der Waals surface area contributed by atoms with E-state index in [1.165, 1.54) is 12.2 Å². The lowest BCUT2D eigenvalue weighted by Gasteiger charge is -2.23. The van der Waals surface area contributed by atoms with Crippen LogP contribution in [0.5, 0.6) is 0 Å². The van der Waals surface area contributed by atoms with Crippen molar-refractivity contribution in [2.45, 2.75) is 51.8 Å². The number of nitrogens with one attached hydrogen (secondary N) is 1. The van der Waals surface area contributed by atoms with Gasteiger partial charge in [-0.3, -0.25) is 0 Å². The molecule has 0 heterocycles. The Morgan fingerprint density at radius 3 is 2.08 bits per heavy atom. The van der Waals surface area contributed by atoms with Gasteiger partial charge >= 0.3 is 0 Å². The maximum absolute atomic E-state index is 3.39. The van der Waals surface area contributed by atoms with Crippen molar-refractivity contribution in [2.24, 2.45) is 5.92 Å². The van der Waals surface area contributed by atoms with Crippen molar-refractivity contribution < 1.29 is 0 Å². The van der Waals surface area contributed by atoms with E-state index in [-0.39, 0.29) is 0 Å². The van der Waals surface area contributed by atoms with Crippen LogP contribution in [-0.2, 0) is 0 Å². The number of hydrogen-bond donors (Lipinski definition) is 1. The monoisotopic (exact) mass is 203 g/mol. The van der Waals surface area contributed by atoms with E-state index in [2.05, 4.69) is 47.0 Å². The molecular weight excluding hydrogens is 178 g/mol. The molecule has 0 rings (SSSR count). The number of rotatable bonds is 5. The van der Waals surface area contributed by atoms with E-state index in [1.54, 1.807) is 0 Å². The molecule has 0 amide bonds. The molecule has 1 atom stereocenters. The van der Waals surface area contributed by atoms with Crippen LogP contribution in [0.2, 0.25) is 0 Å². The highest BCUT2D eigenvalue weighted by Gasteiger charge is 2.15. The lowest BCUT2D eigenvalue weighted by atomic mass is 10.1. The van der Waals surface area contributed by atoms with E-state index in [4.69, 9.17) is 0 Å². The van der Waals surface area contributed by atoms with E-state index in [0.717, 1.165) is 5.92 Å². The summed E-state index contributed by atoms with van der Waals surface area (Å²) in [6.07, 6.45) is 1.28. The van der Waals surface area contributed by atoms with Gasteiger partial charge in [0, 0.05) is 16.5 Å². The summed E-state index contributed by atoms with van der Waals surface area (Å²) in [5, 5.41) is 3.39. The molecule has 0 aliphatic carbocycles. The van der Waals surface area contributed by atoms with Gasteiger partial charge in [0.1, 0.15) is 0 Å². The Hall–Kier alpha value is 0.310. The molecule has 0 fully saturated rings. The molecule has 0 bridgehead atoms. The van der Waals surface area contributed by atoms with E-state index in [9.17, 15) is 0 Å². The Morgan fingerprint density at radius 1 is 1.23 bits per heavy atom. The van der Waals surface area contributed by atoms with E-state index in [0.29, 0.717) is 10.8 Å². The molecule has 0 aliphatic heterocycles. The lowest BCUT2D eigenvalue weighted by molar-refractivity contribution is 0.473. The smallest absolute Gasteiger partial charge is 0.0157 e. The molecule has 0 saturated heterocycles. The van der Waals surface area contributed by atoms with E-state index in [1.807, 2.05) is 11.8 Å². The van der Waals surface area contributed by atoms with Gasteiger partial charge in [0.25, 0.3) is 0 Å². The maximum atomic E-state index is 3.39. The molecule has 0 aliphatic rings. The van der Waals surface area contributed by atoms with Crippen LogP contribution in [0.15, 0.2) is 0 Å². The fourth-order valence-electron chi connectivity index (χ4n) is 1.19. The van der Waals surface area contributed by atoms with Crippen molar-refractivity contribution in [1.82, 2.24) is 5.32 Å². The molecule has 0 saturated carbocycles. The maximum Gasteiger partial charge on any atom is 0.0157 e. The van der Waals surface area contributed by atoms with Gasteiger partial charge in [0.05, 0.1) is 0 Å². The van der Waals surface area contributed by atoms with Gasteiger partial charge in [-0.1, -0.05) is 34.6 Å². The molecule has 1 unspecified atom stereocenters. The molecule has 1 N–H and O–H groups in total. The van der Waals surface area contributed by atoms with Gasteiger partial charge < -0.3 is 5.32 Å². The standard InChI is InChI=1S/C11H25NS/c1-9(2)7-10(12-6)8-13-11(3,4)5/h9-10,12H,7-8H2,1-6H3. The molecule has 2 heteroatoms. The molecule has 80 valence electrons. The quantitative estimate of drug-likeness (QED) is 0.736. The summed E-state index contributed by atoms with van der Waals surface area (Å²) in [5.74, 6) is 2.01. The first-order valence-corrected chi connectivity index (χ1v) is 6.15. The average molecular weight is 203 g/mol. The van der Waals surface area contributed by atoms with Crippen LogP contribution >= 0.6 is 11.8 Å². The Bertz CT molecular complexity index is 127. The van der Waals surface area contributed by atoms with Crippen molar-refractivity contribution in [3.8, 4) is 0 Å². The van der Waals surface area contributed by atoms with Crippen LogP contribution in [0.25, 0.3) is 0 Å². The summed E-state index contributed by atoms with van der Waals surface area (Å²) in [7, 11) is 2.07. The van der Waals surface area contributed by atoms with Crippen LogP contribution in [0.3, 0.4) is 0 Å².